The topological polar surface area (TPSA) is 35.2 Å². The second-order valence-corrected chi connectivity index (χ2v) is 6.07. The minimum Gasteiger partial charge on any atom is -0.493 e. The molecule has 2 N–H and O–H groups in total. The molecule has 0 heterocycles. The van der Waals surface area contributed by atoms with Crippen molar-refractivity contribution in [1.82, 2.24) is 0 Å². The highest BCUT2D eigenvalue weighted by Gasteiger charge is 1.98. The van der Waals surface area contributed by atoms with E-state index in [1.807, 2.05) is 18.2 Å². The van der Waals surface area contributed by atoms with Crippen LogP contribution in [0.25, 0.3) is 6.08 Å². The maximum atomic E-state index is 5.84. The third kappa shape index (κ3) is 8.76. The Morgan fingerprint density at radius 1 is 0.909 bits per heavy atom. The molecular formula is C20H33NO. The molecule has 124 valence electrons. The minimum atomic E-state index is 0.732. The van der Waals surface area contributed by atoms with Crippen molar-refractivity contribution in [3.8, 4) is 5.75 Å². The number of benzene rings is 1. The Bertz CT molecular complexity index is 414. The van der Waals surface area contributed by atoms with Gasteiger partial charge in [-0.05, 0) is 24.1 Å². The van der Waals surface area contributed by atoms with E-state index in [9.17, 15) is 0 Å². The van der Waals surface area contributed by atoms with Crippen LogP contribution in [-0.2, 0) is 0 Å². The van der Waals surface area contributed by atoms with Crippen LogP contribution in [0.5, 0.6) is 5.75 Å². The minimum absolute atomic E-state index is 0.732. The Kier molecular flexibility index (Phi) is 10.3. The predicted octanol–water partition coefficient (Wildman–Crippen LogP) is 6.21. The normalized spacial score (nSPS) is 10.6. The number of hydrogen-bond donors (Lipinski definition) is 1. The SMILES string of the molecule is C=Cc1cc(N)cc(OCCCCCCCCCCCC)c1. The smallest absolute Gasteiger partial charge is 0.121 e. The van der Waals surface area contributed by atoms with Crippen LogP contribution in [0.2, 0.25) is 0 Å². The zero-order chi connectivity index (χ0) is 16.0. The summed E-state index contributed by atoms with van der Waals surface area (Å²) in [6, 6.07) is 5.77. The third-order valence-corrected chi connectivity index (χ3v) is 3.95. The van der Waals surface area contributed by atoms with E-state index >= 15 is 0 Å². The molecule has 0 bridgehead atoms. The lowest BCUT2D eigenvalue weighted by molar-refractivity contribution is 0.304. The van der Waals surface area contributed by atoms with E-state index in [1.165, 1.54) is 57.8 Å². The van der Waals surface area contributed by atoms with Crippen LogP contribution in [-0.4, -0.2) is 6.61 Å². The molecule has 0 amide bonds. The van der Waals surface area contributed by atoms with Gasteiger partial charge in [-0.1, -0.05) is 77.4 Å². The van der Waals surface area contributed by atoms with Gasteiger partial charge in [-0.15, -0.1) is 0 Å². The molecule has 0 aromatic heterocycles. The van der Waals surface area contributed by atoms with Gasteiger partial charge in [-0.3, -0.25) is 0 Å². The molecule has 0 atom stereocenters. The van der Waals surface area contributed by atoms with Gasteiger partial charge in [0.05, 0.1) is 6.61 Å². The average Bonchev–Trinajstić information content (AvgIpc) is 2.52. The number of ether oxygens (including phenoxy) is 1. The molecule has 0 aliphatic carbocycles. The Morgan fingerprint density at radius 2 is 1.50 bits per heavy atom. The fourth-order valence-electron chi connectivity index (χ4n) is 2.63. The Morgan fingerprint density at radius 3 is 2.09 bits per heavy atom. The molecule has 2 heteroatoms. The van der Waals surface area contributed by atoms with E-state index in [1.54, 1.807) is 6.08 Å². The molecule has 0 saturated heterocycles. The maximum Gasteiger partial charge on any atom is 0.121 e. The largest absolute Gasteiger partial charge is 0.493 e. The number of hydrogen-bond acceptors (Lipinski definition) is 2. The van der Waals surface area contributed by atoms with Crippen molar-refractivity contribution in [3.63, 3.8) is 0 Å². The summed E-state index contributed by atoms with van der Waals surface area (Å²) in [7, 11) is 0. The second kappa shape index (κ2) is 12.1. The zero-order valence-corrected chi connectivity index (χ0v) is 14.3. The first-order chi connectivity index (χ1) is 10.8. The Balaban J connectivity index is 1.99. The molecule has 0 saturated carbocycles. The number of rotatable bonds is 13. The van der Waals surface area contributed by atoms with E-state index in [0.29, 0.717) is 0 Å². The number of nitrogen functional groups attached to an aromatic ring is 1. The highest BCUT2D eigenvalue weighted by Crippen LogP contribution is 2.20. The van der Waals surface area contributed by atoms with Crippen molar-refractivity contribution in [2.24, 2.45) is 0 Å². The van der Waals surface area contributed by atoms with Gasteiger partial charge in [0.25, 0.3) is 0 Å². The van der Waals surface area contributed by atoms with Crippen LogP contribution in [0.4, 0.5) is 5.69 Å². The summed E-state index contributed by atoms with van der Waals surface area (Å²) in [4.78, 5) is 0. The van der Waals surface area contributed by atoms with Crippen LogP contribution < -0.4 is 10.5 Å². The summed E-state index contributed by atoms with van der Waals surface area (Å²) >= 11 is 0. The molecule has 1 aromatic carbocycles. The molecule has 22 heavy (non-hydrogen) atoms. The predicted molar refractivity (Wildman–Crippen MR) is 98.3 cm³/mol. The Labute approximate surface area is 136 Å². The molecule has 2 nitrogen and oxygen atoms in total. The molecule has 0 radical (unpaired) electrons. The molecule has 0 unspecified atom stereocenters. The molecule has 1 rings (SSSR count). The van der Waals surface area contributed by atoms with Crippen LogP contribution in [0, 0.1) is 0 Å². The molecule has 1 aromatic rings. The van der Waals surface area contributed by atoms with Crippen LogP contribution in [0.3, 0.4) is 0 Å². The first kappa shape index (κ1) is 18.6. The highest BCUT2D eigenvalue weighted by molar-refractivity contribution is 5.58. The van der Waals surface area contributed by atoms with Crippen LogP contribution in [0.15, 0.2) is 24.8 Å². The molecule has 0 spiro atoms. The number of unbranched alkanes of at least 4 members (excludes halogenated alkanes) is 9. The standard InChI is InChI=1S/C20H33NO/c1-3-5-6-7-8-9-10-11-12-13-14-22-20-16-18(4-2)15-19(21)17-20/h4,15-17H,2-3,5-14,21H2,1H3. The van der Waals surface area contributed by atoms with E-state index in [2.05, 4.69) is 13.5 Å². The number of nitrogens with two attached hydrogens (primary N) is 1. The molecule has 0 aliphatic rings. The van der Waals surface area contributed by atoms with Crippen LogP contribution in [0.1, 0.15) is 76.7 Å². The lowest BCUT2D eigenvalue weighted by Crippen LogP contribution is -1.98. The summed E-state index contributed by atoms with van der Waals surface area (Å²) in [5.74, 6) is 0.853. The number of anilines is 1. The van der Waals surface area contributed by atoms with E-state index in [-0.39, 0.29) is 0 Å². The van der Waals surface area contributed by atoms with Crippen molar-refractivity contribution in [2.75, 3.05) is 12.3 Å². The van der Waals surface area contributed by atoms with Crippen molar-refractivity contribution >= 4 is 11.8 Å². The molecule has 0 aliphatic heterocycles. The van der Waals surface area contributed by atoms with Crippen molar-refractivity contribution in [3.05, 3.63) is 30.3 Å². The molecule has 0 fully saturated rings. The summed E-state index contributed by atoms with van der Waals surface area (Å²) in [6.07, 6.45) is 15.2. The quantitative estimate of drug-likeness (QED) is 0.347. The van der Waals surface area contributed by atoms with E-state index in [0.717, 1.165) is 30.0 Å². The van der Waals surface area contributed by atoms with Gasteiger partial charge in [0, 0.05) is 11.8 Å². The summed E-state index contributed by atoms with van der Waals surface area (Å²) in [6.45, 7) is 6.81. The summed E-state index contributed by atoms with van der Waals surface area (Å²) in [5, 5.41) is 0. The van der Waals surface area contributed by atoms with Gasteiger partial charge in [0.15, 0.2) is 0 Å². The monoisotopic (exact) mass is 303 g/mol. The van der Waals surface area contributed by atoms with Crippen LogP contribution >= 0.6 is 0 Å². The van der Waals surface area contributed by atoms with E-state index < -0.39 is 0 Å². The van der Waals surface area contributed by atoms with Crippen molar-refractivity contribution in [2.45, 2.75) is 71.1 Å². The fourth-order valence-corrected chi connectivity index (χ4v) is 2.63. The molecular weight excluding hydrogens is 270 g/mol. The lowest BCUT2D eigenvalue weighted by Gasteiger charge is -2.08. The first-order valence-electron chi connectivity index (χ1n) is 8.92. The second-order valence-electron chi connectivity index (χ2n) is 6.07. The highest BCUT2D eigenvalue weighted by atomic mass is 16.5. The third-order valence-electron chi connectivity index (χ3n) is 3.95. The summed E-state index contributed by atoms with van der Waals surface area (Å²) in [5.41, 5.74) is 7.58. The summed E-state index contributed by atoms with van der Waals surface area (Å²) < 4.78 is 5.77. The lowest BCUT2D eigenvalue weighted by atomic mass is 10.1. The van der Waals surface area contributed by atoms with Gasteiger partial charge in [-0.2, -0.15) is 0 Å². The van der Waals surface area contributed by atoms with Gasteiger partial charge in [-0.25, -0.2) is 0 Å². The Hall–Kier alpha value is -1.44. The van der Waals surface area contributed by atoms with Crippen molar-refractivity contribution in [1.29, 1.82) is 0 Å². The fraction of sp³-hybridized carbons (Fsp3) is 0.600. The van der Waals surface area contributed by atoms with Gasteiger partial charge in [0.2, 0.25) is 0 Å². The van der Waals surface area contributed by atoms with Gasteiger partial charge < -0.3 is 10.5 Å². The van der Waals surface area contributed by atoms with Gasteiger partial charge in [0.1, 0.15) is 5.75 Å². The van der Waals surface area contributed by atoms with Gasteiger partial charge >= 0.3 is 0 Å². The average molecular weight is 303 g/mol. The maximum absolute atomic E-state index is 5.84. The zero-order valence-electron chi connectivity index (χ0n) is 14.3. The van der Waals surface area contributed by atoms with E-state index in [4.69, 9.17) is 10.5 Å². The first-order valence-corrected chi connectivity index (χ1v) is 8.92. The van der Waals surface area contributed by atoms with Crippen molar-refractivity contribution < 1.29 is 4.74 Å².